The zero-order valence-electron chi connectivity index (χ0n) is 17.1. The summed E-state index contributed by atoms with van der Waals surface area (Å²) in [6.07, 6.45) is -3.00. The molecule has 12 heteroatoms. The number of hydrogen-bond acceptors (Lipinski definition) is 8. The summed E-state index contributed by atoms with van der Waals surface area (Å²) < 4.78 is 55.9. The van der Waals surface area contributed by atoms with Gasteiger partial charge in [0.25, 0.3) is 5.79 Å². The molecule has 1 aliphatic heterocycles. The summed E-state index contributed by atoms with van der Waals surface area (Å²) in [5.41, 5.74) is -1.99. The van der Waals surface area contributed by atoms with E-state index in [2.05, 4.69) is 15.2 Å². The summed E-state index contributed by atoms with van der Waals surface area (Å²) in [4.78, 5) is 35.7. The lowest BCUT2D eigenvalue weighted by atomic mass is 10.2. The monoisotopic (exact) mass is 453 g/mol. The summed E-state index contributed by atoms with van der Waals surface area (Å²) >= 11 is 0. The van der Waals surface area contributed by atoms with Crippen LogP contribution in [0.4, 0.5) is 18.9 Å². The van der Waals surface area contributed by atoms with Crippen molar-refractivity contribution < 1.29 is 41.8 Å². The molecule has 0 atom stereocenters. The highest BCUT2D eigenvalue weighted by molar-refractivity contribution is 6.15. The van der Waals surface area contributed by atoms with E-state index in [0.29, 0.717) is 10.4 Å². The minimum atomic E-state index is -4.87. The third-order valence-electron chi connectivity index (χ3n) is 4.14. The zero-order chi connectivity index (χ0) is 23.7. The molecule has 1 saturated heterocycles. The van der Waals surface area contributed by atoms with Crippen LogP contribution in [0.3, 0.4) is 0 Å². The lowest BCUT2D eigenvalue weighted by molar-refractivity contribution is -0.222. The summed E-state index contributed by atoms with van der Waals surface area (Å²) in [5, 5.41) is 6.36. The number of ether oxygens (including phenoxy) is 3. The highest BCUT2D eigenvalue weighted by atomic mass is 19.4. The third kappa shape index (κ3) is 4.74. The van der Waals surface area contributed by atoms with Gasteiger partial charge in [-0.1, -0.05) is 0 Å². The number of carbonyl (C=O) groups excluding carboxylic acids is 3. The Labute approximate surface area is 179 Å². The number of nitrogens with one attached hydrogen (secondary N) is 1. The molecule has 32 heavy (non-hydrogen) atoms. The Morgan fingerprint density at radius 2 is 1.78 bits per heavy atom. The van der Waals surface area contributed by atoms with Gasteiger partial charge in [0.15, 0.2) is 11.3 Å². The summed E-state index contributed by atoms with van der Waals surface area (Å²) in [6, 6.07) is 5.39. The molecule has 1 fully saturated rings. The first-order valence-electron chi connectivity index (χ1n) is 9.29. The predicted octanol–water partition coefficient (Wildman–Crippen LogP) is 3.20. The Morgan fingerprint density at radius 1 is 1.19 bits per heavy atom. The molecular formula is C20H18F3N3O6. The average Bonchev–Trinajstić information content (AvgIpc) is 3.13. The lowest BCUT2D eigenvalue weighted by Crippen LogP contribution is -2.42. The highest BCUT2D eigenvalue weighted by Gasteiger charge is 2.41. The number of aromatic nitrogens is 2. The van der Waals surface area contributed by atoms with Gasteiger partial charge in [-0.05, 0) is 31.2 Å². The number of alkyl halides is 3. The Bertz CT molecular complexity index is 1060. The molecule has 2 heterocycles. The van der Waals surface area contributed by atoms with Gasteiger partial charge in [0.1, 0.15) is 5.56 Å². The second kappa shape index (κ2) is 8.36. The second-order valence-corrected chi connectivity index (χ2v) is 6.96. The smallest absolute Gasteiger partial charge is 0.434 e. The topological polar surface area (TPSA) is 109 Å². The van der Waals surface area contributed by atoms with Crippen LogP contribution in [0.15, 0.2) is 42.2 Å². The van der Waals surface area contributed by atoms with Crippen molar-refractivity contribution in [2.45, 2.75) is 32.7 Å². The van der Waals surface area contributed by atoms with Crippen LogP contribution in [0, 0.1) is 0 Å². The van der Waals surface area contributed by atoms with Crippen LogP contribution in [-0.2, 0) is 30.0 Å². The number of carbonyl (C=O) groups is 3. The van der Waals surface area contributed by atoms with E-state index in [1.165, 1.54) is 45.0 Å². The molecule has 1 aromatic carbocycles. The van der Waals surface area contributed by atoms with Crippen LogP contribution in [-0.4, -0.2) is 40.1 Å². The van der Waals surface area contributed by atoms with Crippen molar-refractivity contribution in [1.29, 1.82) is 0 Å². The van der Waals surface area contributed by atoms with Crippen LogP contribution >= 0.6 is 0 Å². The molecule has 9 nitrogen and oxygen atoms in total. The van der Waals surface area contributed by atoms with Gasteiger partial charge in [-0.15, -0.1) is 0 Å². The molecular weight excluding hydrogens is 435 g/mol. The van der Waals surface area contributed by atoms with E-state index >= 15 is 0 Å². The molecule has 2 aromatic rings. The van der Waals surface area contributed by atoms with Crippen LogP contribution in [0.25, 0.3) is 5.69 Å². The second-order valence-electron chi connectivity index (χ2n) is 6.96. The molecule has 1 aliphatic rings. The van der Waals surface area contributed by atoms with Crippen LogP contribution in [0.2, 0.25) is 0 Å². The molecule has 3 rings (SSSR count). The fourth-order valence-electron chi connectivity index (χ4n) is 2.81. The van der Waals surface area contributed by atoms with E-state index in [-0.39, 0.29) is 17.9 Å². The SMILES string of the molecule is CCOC(=O)c1cnn(-c2ccc(NC=C3C(=O)OC(C)(C)OC3=O)cc2)c1C(F)(F)F. The Morgan fingerprint density at radius 3 is 2.31 bits per heavy atom. The summed E-state index contributed by atoms with van der Waals surface area (Å²) in [6.45, 7) is 4.20. The van der Waals surface area contributed by atoms with E-state index in [0.717, 1.165) is 12.4 Å². The number of hydrogen-bond donors (Lipinski definition) is 1. The summed E-state index contributed by atoms with van der Waals surface area (Å²) in [7, 11) is 0. The molecule has 1 aromatic heterocycles. The molecule has 0 aliphatic carbocycles. The Hall–Kier alpha value is -3.83. The van der Waals surface area contributed by atoms with Crippen molar-refractivity contribution in [2.24, 2.45) is 0 Å². The van der Waals surface area contributed by atoms with Crippen LogP contribution in [0.1, 0.15) is 36.8 Å². The van der Waals surface area contributed by atoms with Crippen LogP contribution in [0.5, 0.6) is 0 Å². The average molecular weight is 453 g/mol. The third-order valence-corrected chi connectivity index (χ3v) is 4.14. The van der Waals surface area contributed by atoms with Crippen molar-refractivity contribution in [1.82, 2.24) is 9.78 Å². The van der Waals surface area contributed by atoms with Crippen molar-refractivity contribution in [3.8, 4) is 5.69 Å². The molecule has 170 valence electrons. The maximum Gasteiger partial charge on any atom is 0.434 e. The van der Waals surface area contributed by atoms with Gasteiger partial charge in [-0.3, -0.25) is 0 Å². The highest BCUT2D eigenvalue weighted by Crippen LogP contribution is 2.34. The minimum absolute atomic E-state index is 0.0179. The molecule has 0 spiro atoms. The van der Waals surface area contributed by atoms with E-state index in [1.54, 1.807) is 0 Å². The van der Waals surface area contributed by atoms with Gasteiger partial charge in [0.2, 0.25) is 0 Å². The number of esters is 3. The number of rotatable bonds is 5. The fraction of sp³-hybridized carbons (Fsp3) is 0.300. The van der Waals surface area contributed by atoms with Gasteiger partial charge in [-0.2, -0.15) is 18.3 Å². The van der Waals surface area contributed by atoms with Gasteiger partial charge >= 0.3 is 24.1 Å². The number of benzene rings is 1. The Balaban J connectivity index is 1.84. The molecule has 0 saturated carbocycles. The molecule has 0 bridgehead atoms. The van der Waals surface area contributed by atoms with E-state index in [9.17, 15) is 27.6 Å². The number of halogens is 3. The first-order valence-corrected chi connectivity index (χ1v) is 9.29. The normalized spacial score (nSPS) is 15.6. The molecule has 0 radical (unpaired) electrons. The van der Waals surface area contributed by atoms with Crippen LogP contribution < -0.4 is 5.32 Å². The number of cyclic esters (lactones) is 2. The molecule has 0 amide bonds. The largest absolute Gasteiger partial charge is 0.462 e. The first-order chi connectivity index (χ1) is 14.9. The maximum atomic E-state index is 13.6. The standard InChI is InChI=1S/C20H18F3N3O6/c1-4-30-16(27)13-10-25-26(15(13)20(21,22)23)12-7-5-11(6-8-12)24-9-14-17(28)31-19(2,3)32-18(14)29/h5-10,24H,4H2,1-3H3. The van der Waals surface area contributed by atoms with Gasteiger partial charge < -0.3 is 19.5 Å². The summed E-state index contributed by atoms with van der Waals surface area (Å²) in [5.74, 6) is -4.28. The van der Waals surface area contributed by atoms with Crippen molar-refractivity contribution in [3.63, 3.8) is 0 Å². The minimum Gasteiger partial charge on any atom is -0.462 e. The fourth-order valence-corrected chi connectivity index (χ4v) is 2.81. The predicted molar refractivity (Wildman–Crippen MR) is 102 cm³/mol. The lowest BCUT2D eigenvalue weighted by Gasteiger charge is -2.29. The van der Waals surface area contributed by atoms with Crippen molar-refractivity contribution >= 4 is 23.6 Å². The first kappa shape index (κ1) is 22.8. The number of nitrogens with zero attached hydrogens (tertiary/aromatic N) is 2. The molecule has 1 N–H and O–H groups in total. The van der Waals surface area contributed by atoms with Gasteiger partial charge in [-0.25, -0.2) is 19.1 Å². The maximum absolute atomic E-state index is 13.6. The quantitative estimate of drug-likeness (QED) is 0.418. The van der Waals surface area contributed by atoms with E-state index in [1.807, 2.05) is 0 Å². The molecule has 0 unspecified atom stereocenters. The Kier molecular flexibility index (Phi) is 5.97. The van der Waals surface area contributed by atoms with E-state index < -0.39 is 41.1 Å². The zero-order valence-corrected chi connectivity index (χ0v) is 17.1. The van der Waals surface area contributed by atoms with Crippen molar-refractivity contribution in [2.75, 3.05) is 11.9 Å². The van der Waals surface area contributed by atoms with Crippen molar-refractivity contribution in [3.05, 3.63) is 53.5 Å². The van der Waals surface area contributed by atoms with Gasteiger partial charge in [0.05, 0.1) is 18.5 Å². The van der Waals surface area contributed by atoms with Gasteiger partial charge in [0, 0.05) is 25.7 Å². The van der Waals surface area contributed by atoms with E-state index in [4.69, 9.17) is 9.47 Å². The number of anilines is 1.